The van der Waals surface area contributed by atoms with E-state index in [-0.39, 0.29) is 17.4 Å². The van der Waals surface area contributed by atoms with E-state index in [1.807, 2.05) is 0 Å². The van der Waals surface area contributed by atoms with Crippen molar-refractivity contribution in [3.63, 3.8) is 0 Å². The number of nitrogens with zero attached hydrogens (tertiary/aromatic N) is 1. The second-order valence-corrected chi connectivity index (χ2v) is 6.22. The first-order valence-electron chi connectivity index (χ1n) is 5.11. The lowest BCUT2D eigenvalue weighted by molar-refractivity contribution is -0.140. The monoisotopic (exact) mass is 465 g/mol. The van der Waals surface area contributed by atoms with Gasteiger partial charge in [0.05, 0.1) is 5.56 Å². The molecule has 1 aromatic carbocycles. The number of carbonyl (C=O) groups excluding carboxylic acids is 1. The van der Waals surface area contributed by atoms with Gasteiger partial charge in [-0.1, -0.05) is 31.9 Å². The molecule has 0 radical (unpaired) electrons. The van der Waals surface area contributed by atoms with Gasteiger partial charge in [0.2, 0.25) is 0 Å². The quantitative estimate of drug-likeness (QED) is 0.592. The molecular formula is C11H9Br3F3NO. The molecule has 0 fully saturated rings. The number of hydrogen-bond acceptors (Lipinski definition) is 1. The Balaban J connectivity index is 3.02. The lowest BCUT2D eigenvalue weighted by Crippen LogP contribution is -2.40. The summed E-state index contributed by atoms with van der Waals surface area (Å²) >= 11 is 9.41. The Morgan fingerprint density at radius 3 is 2.42 bits per heavy atom. The highest BCUT2D eigenvalue weighted by atomic mass is 79.9. The fraction of sp³-hybridized carbons (Fsp3) is 0.364. The molecule has 0 saturated carbocycles. The summed E-state index contributed by atoms with van der Waals surface area (Å²) in [5.74, 6) is -0.662. The minimum Gasteiger partial charge on any atom is -0.329 e. The lowest BCUT2D eigenvalue weighted by Gasteiger charge is -2.23. The average Bonchev–Trinajstić information content (AvgIpc) is 2.29. The molecule has 1 aromatic rings. The molecule has 19 heavy (non-hydrogen) atoms. The Morgan fingerprint density at radius 1 is 1.26 bits per heavy atom. The molecule has 0 N–H and O–H groups in total. The molecule has 0 spiro atoms. The molecule has 0 unspecified atom stereocenters. The summed E-state index contributed by atoms with van der Waals surface area (Å²) in [5, 5.41) is 0.278. The van der Waals surface area contributed by atoms with Crippen LogP contribution in [0.5, 0.6) is 0 Å². The second kappa shape index (κ2) is 7.08. The smallest absolute Gasteiger partial charge is 0.329 e. The van der Waals surface area contributed by atoms with Gasteiger partial charge in [0.1, 0.15) is 6.54 Å². The number of hydrogen-bond donors (Lipinski definition) is 0. The number of alkyl halides is 4. The van der Waals surface area contributed by atoms with Crippen LogP contribution in [0.2, 0.25) is 0 Å². The number of halogens is 6. The molecule has 2 nitrogen and oxygen atoms in total. The maximum Gasteiger partial charge on any atom is 0.406 e. The summed E-state index contributed by atoms with van der Waals surface area (Å²) in [6.45, 7) is -1.28. The molecule has 0 aliphatic rings. The highest BCUT2D eigenvalue weighted by Crippen LogP contribution is 2.25. The van der Waals surface area contributed by atoms with Crippen molar-refractivity contribution >= 4 is 53.7 Å². The van der Waals surface area contributed by atoms with E-state index in [2.05, 4.69) is 47.8 Å². The first kappa shape index (κ1) is 17.0. The molecule has 0 aliphatic heterocycles. The normalized spacial score (nSPS) is 11.5. The van der Waals surface area contributed by atoms with Crippen LogP contribution in [-0.4, -0.2) is 35.4 Å². The van der Waals surface area contributed by atoms with Crippen molar-refractivity contribution in [2.24, 2.45) is 0 Å². The van der Waals surface area contributed by atoms with Gasteiger partial charge in [0.15, 0.2) is 0 Å². The molecule has 0 bridgehead atoms. The summed E-state index contributed by atoms with van der Waals surface area (Å²) in [7, 11) is 0. The summed E-state index contributed by atoms with van der Waals surface area (Å²) < 4.78 is 38.5. The van der Waals surface area contributed by atoms with Crippen LogP contribution in [0.1, 0.15) is 10.4 Å². The third-order valence-corrected chi connectivity index (χ3v) is 3.71. The largest absolute Gasteiger partial charge is 0.406 e. The van der Waals surface area contributed by atoms with E-state index in [1.54, 1.807) is 12.1 Å². The van der Waals surface area contributed by atoms with Crippen LogP contribution in [0.3, 0.4) is 0 Å². The minimum atomic E-state index is -4.42. The Kier molecular flexibility index (Phi) is 6.32. The topological polar surface area (TPSA) is 20.3 Å². The maximum atomic E-state index is 12.5. The van der Waals surface area contributed by atoms with Crippen LogP contribution in [0, 0.1) is 0 Å². The van der Waals surface area contributed by atoms with Gasteiger partial charge in [-0.15, -0.1) is 0 Å². The van der Waals surface area contributed by atoms with Gasteiger partial charge >= 0.3 is 6.18 Å². The first-order chi connectivity index (χ1) is 8.74. The molecular weight excluding hydrogens is 459 g/mol. The number of benzene rings is 1. The molecule has 8 heteroatoms. The van der Waals surface area contributed by atoms with E-state index >= 15 is 0 Å². The standard InChI is InChI=1S/C11H9Br3F3NO/c12-3-4-18(6-11(15,16)17)10(19)8-5-7(13)1-2-9(8)14/h1-2,5H,3-4,6H2. The zero-order chi connectivity index (χ0) is 14.6. The number of carbonyl (C=O) groups is 1. The van der Waals surface area contributed by atoms with Crippen LogP contribution < -0.4 is 0 Å². The van der Waals surface area contributed by atoms with E-state index in [0.717, 1.165) is 4.90 Å². The second-order valence-electron chi connectivity index (χ2n) is 3.66. The van der Waals surface area contributed by atoms with Crippen molar-refractivity contribution in [2.75, 3.05) is 18.4 Å². The molecule has 106 valence electrons. The van der Waals surface area contributed by atoms with Gasteiger partial charge in [-0.2, -0.15) is 13.2 Å². The SMILES string of the molecule is O=C(c1cc(Br)ccc1Br)N(CCBr)CC(F)(F)F. The third kappa shape index (κ3) is 5.43. The maximum absolute atomic E-state index is 12.5. The van der Waals surface area contributed by atoms with Crippen molar-refractivity contribution in [1.82, 2.24) is 4.90 Å². The average molecular weight is 468 g/mol. The van der Waals surface area contributed by atoms with Crippen LogP contribution in [-0.2, 0) is 0 Å². The fourth-order valence-corrected chi connectivity index (χ4v) is 2.61. The highest BCUT2D eigenvalue weighted by Gasteiger charge is 2.33. The van der Waals surface area contributed by atoms with Crippen molar-refractivity contribution in [3.05, 3.63) is 32.7 Å². The molecule has 0 atom stereocenters. The van der Waals surface area contributed by atoms with Crippen molar-refractivity contribution in [2.45, 2.75) is 6.18 Å². The molecule has 0 heterocycles. The fourth-order valence-electron chi connectivity index (χ4n) is 1.40. The highest BCUT2D eigenvalue weighted by molar-refractivity contribution is 9.11. The van der Waals surface area contributed by atoms with E-state index in [4.69, 9.17) is 0 Å². The summed E-state index contributed by atoms with van der Waals surface area (Å²) in [5.41, 5.74) is 0.194. The zero-order valence-electron chi connectivity index (χ0n) is 9.48. The van der Waals surface area contributed by atoms with Crippen LogP contribution in [0.15, 0.2) is 27.1 Å². The Hall–Kier alpha value is -0.0800. The molecule has 0 aromatic heterocycles. The van der Waals surface area contributed by atoms with Crippen molar-refractivity contribution < 1.29 is 18.0 Å². The lowest BCUT2D eigenvalue weighted by atomic mass is 10.2. The van der Waals surface area contributed by atoms with E-state index in [0.29, 0.717) is 8.95 Å². The van der Waals surface area contributed by atoms with Gasteiger partial charge < -0.3 is 4.90 Å². The van der Waals surface area contributed by atoms with E-state index in [1.165, 1.54) is 6.07 Å². The van der Waals surface area contributed by atoms with Crippen LogP contribution in [0.4, 0.5) is 13.2 Å². The van der Waals surface area contributed by atoms with Crippen molar-refractivity contribution in [1.29, 1.82) is 0 Å². The zero-order valence-corrected chi connectivity index (χ0v) is 14.2. The Labute approximate surface area is 133 Å². The Morgan fingerprint density at radius 2 is 1.89 bits per heavy atom. The molecule has 1 amide bonds. The first-order valence-corrected chi connectivity index (χ1v) is 7.82. The Bertz CT molecular complexity index is 465. The molecule has 0 aliphatic carbocycles. The van der Waals surface area contributed by atoms with E-state index < -0.39 is 18.6 Å². The van der Waals surface area contributed by atoms with Gasteiger partial charge in [-0.25, -0.2) is 0 Å². The number of amides is 1. The third-order valence-electron chi connectivity index (χ3n) is 2.17. The predicted octanol–water partition coefficient (Wildman–Crippen LogP) is 4.61. The minimum absolute atomic E-state index is 0.0166. The van der Waals surface area contributed by atoms with Gasteiger partial charge in [-0.05, 0) is 34.1 Å². The summed E-state index contributed by atoms with van der Waals surface area (Å²) in [6, 6.07) is 4.79. The van der Waals surface area contributed by atoms with E-state index in [9.17, 15) is 18.0 Å². The van der Waals surface area contributed by atoms with Gasteiger partial charge in [-0.3, -0.25) is 4.79 Å². The van der Waals surface area contributed by atoms with Gasteiger partial charge in [0.25, 0.3) is 5.91 Å². The number of rotatable bonds is 4. The predicted molar refractivity (Wildman–Crippen MR) is 77.6 cm³/mol. The van der Waals surface area contributed by atoms with Gasteiger partial charge in [0, 0.05) is 20.8 Å². The molecule has 0 saturated heterocycles. The summed E-state index contributed by atoms with van der Waals surface area (Å²) in [4.78, 5) is 12.9. The van der Waals surface area contributed by atoms with Crippen LogP contribution in [0.25, 0.3) is 0 Å². The molecule has 1 rings (SSSR count). The van der Waals surface area contributed by atoms with Crippen LogP contribution >= 0.6 is 47.8 Å². The summed E-state index contributed by atoms with van der Waals surface area (Å²) in [6.07, 6.45) is -4.42. The van der Waals surface area contributed by atoms with Crippen molar-refractivity contribution in [3.8, 4) is 0 Å².